The highest BCUT2D eigenvalue weighted by Crippen LogP contribution is 2.38. The summed E-state index contributed by atoms with van der Waals surface area (Å²) in [5, 5.41) is 0. The number of rotatable bonds is 4. The number of hydrogen-bond acceptors (Lipinski definition) is 3. The number of halogens is 1. The van der Waals surface area contributed by atoms with E-state index in [9.17, 15) is 0 Å². The number of nitrogens with two attached hydrogens (primary N) is 1. The smallest absolute Gasteiger partial charge is 0.131 e. The molecule has 0 saturated heterocycles. The summed E-state index contributed by atoms with van der Waals surface area (Å²) in [6.07, 6.45) is 5.25. The molecule has 0 unspecified atom stereocenters. The molecule has 1 aliphatic carbocycles. The molecule has 16 heavy (non-hydrogen) atoms. The van der Waals surface area contributed by atoms with E-state index in [0.717, 1.165) is 22.4 Å². The first-order chi connectivity index (χ1) is 7.52. The zero-order chi connectivity index (χ0) is 11.8. The molecular formula is C12H18BrN3. The standard InChI is InChI=1S/C12H18BrN3/c1-12(2,7-14)5-10-9(13)6-15-11(16-10)8-3-4-8/h6,8H,3-5,7,14H2,1-2H3. The molecular weight excluding hydrogens is 266 g/mol. The SMILES string of the molecule is CC(C)(CN)Cc1nc(C2CC2)ncc1Br. The van der Waals surface area contributed by atoms with Crippen molar-refractivity contribution in [2.45, 2.75) is 39.0 Å². The number of hydrogen-bond donors (Lipinski definition) is 1. The number of nitrogens with zero attached hydrogens (tertiary/aromatic N) is 2. The Morgan fingerprint density at radius 3 is 2.75 bits per heavy atom. The van der Waals surface area contributed by atoms with Gasteiger partial charge in [0.1, 0.15) is 5.82 Å². The van der Waals surface area contributed by atoms with Crippen molar-refractivity contribution in [1.82, 2.24) is 9.97 Å². The molecule has 0 bridgehead atoms. The first-order valence-corrected chi connectivity index (χ1v) is 6.52. The molecule has 1 heterocycles. The molecule has 0 radical (unpaired) electrons. The van der Waals surface area contributed by atoms with E-state index in [4.69, 9.17) is 5.73 Å². The third-order valence-corrected chi connectivity index (χ3v) is 3.64. The van der Waals surface area contributed by atoms with E-state index >= 15 is 0 Å². The minimum absolute atomic E-state index is 0.0949. The third-order valence-electron chi connectivity index (χ3n) is 2.98. The van der Waals surface area contributed by atoms with E-state index in [-0.39, 0.29) is 5.41 Å². The topological polar surface area (TPSA) is 51.8 Å². The first kappa shape index (κ1) is 12.0. The maximum atomic E-state index is 5.76. The maximum Gasteiger partial charge on any atom is 0.131 e. The van der Waals surface area contributed by atoms with Gasteiger partial charge in [-0.15, -0.1) is 0 Å². The highest BCUT2D eigenvalue weighted by atomic mass is 79.9. The lowest BCUT2D eigenvalue weighted by molar-refractivity contribution is 0.371. The van der Waals surface area contributed by atoms with Crippen LogP contribution < -0.4 is 5.73 Å². The average molecular weight is 284 g/mol. The zero-order valence-corrected chi connectivity index (χ0v) is 11.4. The summed E-state index contributed by atoms with van der Waals surface area (Å²) in [6, 6.07) is 0. The second-order valence-corrected chi connectivity index (χ2v) is 6.20. The van der Waals surface area contributed by atoms with Crippen molar-refractivity contribution in [3.63, 3.8) is 0 Å². The summed E-state index contributed by atoms with van der Waals surface area (Å²) < 4.78 is 0.999. The van der Waals surface area contributed by atoms with Gasteiger partial charge in [0.05, 0.1) is 10.2 Å². The summed E-state index contributed by atoms with van der Waals surface area (Å²) in [5.74, 6) is 1.61. The van der Waals surface area contributed by atoms with Crippen LogP contribution in [0.3, 0.4) is 0 Å². The van der Waals surface area contributed by atoms with E-state index in [1.807, 2.05) is 6.20 Å². The van der Waals surface area contributed by atoms with Crippen LogP contribution in [0.2, 0.25) is 0 Å². The normalized spacial score (nSPS) is 16.5. The van der Waals surface area contributed by atoms with Gasteiger partial charge in [-0.05, 0) is 47.2 Å². The van der Waals surface area contributed by atoms with Gasteiger partial charge >= 0.3 is 0 Å². The molecule has 0 aliphatic heterocycles. The van der Waals surface area contributed by atoms with Crippen LogP contribution in [-0.2, 0) is 6.42 Å². The predicted molar refractivity (Wildman–Crippen MR) is 68.2 cm³/mol. The van der Waals surface area contributed by atoms with Crippen LogP contribution in [0.15, 0.2) is 10.7 Å². The van der Waals surface area contributed by atoms with Gasteiger partial charge in [0.2, 0.25) is 0 Å². The Kier molecular flexibility index (Phi) is 3.31. The van der Waals surface area contributed by atoms with Crippen molar-refractivity contribution in [2.75, 3.05) is 6.54 Å². The second-order valence-electron chi connectivity index (χ2n) is 5.34. The summed E-state index contributed by atoms with van der Waals surface area (Å²) in [6.45, 7) is 5.00. The average Bonchev–Trinajstić information content (AvgIpc) is 3.05. The van der Waals surface area contributed by atoms with Gasteiger partial charge in [0.15, 0.2) is 0 Å². The third kappa shape index (κ3) is 2.80. The first-order valence-electron chi connectivity index (χ1n) is 5.73. The Hall–Kier alpha value is -0.480. The highest BCUT2D eigenvalue weighted by molar-refractivity contribution is 9.10. The zero-order valence-electron chi connectivity index (χ0n) is 9.83. The number of aromatic nitrogens is 2. The van der Waals surface area contributed by atoms with Gasteiger partial charge in [-0.2, -0.15) is 0 Å². The molecule has 2 N–H and O–H groups in total. The van der Waals surface area contributed by atoms with Crippen molar-refractivity contribution < 1.29 is 0 Å². The molecule has 0 amide bonds. The van der Waals surface area contributed by atoms with Crippen molar-refractivity contribution in [3.8, 4) is 0 Å². The lowest BCUT2D eigenvalue weighted by Crippen LogP contribution is -2.26. The van der Waals surface area contributed by atoms with Crippen LogP contribution in [0.4, 0.5) is 0 Å². The predicted octanol–water partition coefficient (Wildman–Crippen LogP) is 2.64. The monoisotopic (exact) mass is 283 g/mol. The van der Waals surface area contributed by atoms with E-state index in [1.54, 1.807) is 0 Å². The summed E-state index contributed by atoms with van der Waals surface area (Å²) in [4.78, 5) is 9.02. The summed E-state index contributed by atoms with van der Waals surface area (Å²) in [7, 11) is 0. The minimum atomic E-state index is 0.0949. The van der Waals surface area contributed by atoms with Crippen LogP contribution >= 0.6 is 15.9 Å². The Balaban J connectivity index is 2.21. The molecule has 1 aliphatic rings. The van der Waals surface area contributed by atoms with Crippen molar-refractivity contribution >= 4 is 15.9 Å². The van der Waals surface area contributed by atoms with E-state index in [2.05, 4.69) is 39.7 Å². The summed E-state index contributed by atoms with van der Waals surface area (Å²) in [5.41, 5.74) is 6.94. The molecule has 0 atom stereocenters. The van der Waals surface area contributed by atoms with Crippen LogP contribution in [0.25, 0.3) is 0 Å². The lowest BCUT2D eigenvalue weighted by atomic mass is 9.88. The van der Waals surface area contributed by atoms with Gasteiger partial charge in [-0.25, -0.2) is 9.97 Å². The van der Waals surface area contributed by atoms with Gasteiger partial charge in [0.25, 0.3) is 0 Å². The summed E-state index contributed by atoms with van der Waals surface area (Å²) >= 11 is 3.52. The fraction of sp³-hybridized carbons (Fsp3) is 0.667. The van der Waals surface area contributed by atoms with Gasteiger partial charge < -0.3 is 5.73 Å². The molecule has 0 spiro atoms. The molecule has 1 saturated carbocycles. The molecule has 4 heteroatoms. The van der Waals surface area contributed by atoms with Gasteiger partial charge in [-0.1, -0.05) is 13.8 Å². The Bertz CT molecular complexity index is 386. The van der Waals surface area contributed by atoms with Crippen LogP contribution in [0.1, 0.15) is 44.1 Å². The maximum absolute atomic E-state index is 5.76. The second kappa shape index (κ2) is 4.41. The molecule has 3 nitrogen and oxygen atoms in total. The molecule has 1 fully saturated rings. The Morgan fingerprint density at radius 1 is 1.50 bits per heavy atom. The van der Waals surface area contributed by atoms with Crippen molar-refractivity contribution in [1.29, 1.82) is 0 Å². The van der Waals surface area contributed by atoms with Crippen LogP contribution in [0, 0.1) is 5.41 Å². The van der Waals surface area contributed by atoms with E-state index in [1.165, 1.54) is 12.8 Å². The lowest BCUT2D eigenvalue weighted by Gasteiger charge is -2.22. The Labute approximate surface area is 105 Å². The Morgan fingerprint density at radius 2 is 2.19 bits per heavy atom. The van der Waals surface area contributed by atoms with E-state index < -0.39 is 0 Å². The van der Waals surface area contributed by atoms with Crippen LogP contribution in [-0.4, -0.2) is 16.5 Å². The fourth-order valence-corrected chi connectivity index (χ4v) is 1.94. The largest absolute Gasteiger partial charge is 0.330 e. The molecule has 2 rings (SSSR count). The van der Waals surface area contributed by atoms with Crippen molar-refractivity contribution in [2.24, 2.45) is 11.1 Å². The van der Waals surface area contributed by atoms with E-state index in [0.29, 0.717) is 12.5 Å². The van der Waals surface area contributed by atoms with Crippen LogP contribution in [0.5, 0.6) is 0 Å². The molecule has 1 aromatic heterocycles. The highest BCUT2D eigenvalue weighted by Gasteiger charge is 2.28. The quantitative estimate of drug-likeness (QED) is 0.924. The molecule has 88 valence electrons. The fourth-order valence-electron chi connectivity index (χ4n) is 1.61. The van der Waals surface area contributed by atoms with Crippen molar-refractivity contribution in [3.05, 3.63) is 22.2 Å². The molecule has 0 aromatic carbocycles. The minimum Gasteiger partial charge on any atom is -0.330 e. The van der Waals surface area contributed by atoms with Gasteiger partial charge in [0, 0.05) is 12.1 Å². The molecule has 1 aromatic rings. The van der Waals surface area contributed by atoms with Gasteiger partial charge in [-0.3, -0.25) is 0 Å².